The SMILES string of the molecule is CCCC(=O)NCCc1nc(-c2cccs2)no1. The number of carbonyl (C=O) groups is 1. The lowest BCUT2D eigenvalue weighted by Crippen LogP contribution is -2.25. The Labute approximate surface area is 109 Å². The van der Waals surface area contributed by atoms with Crippen molar-refractivity contribution < 1.29 is 9.32 Å². The van der Waals surface area contributed by atoms with E-state index in [9.17, 15) is 4.79 Å². The number of amides is 1. The molecular formula is C12H15N3O2S. The van der Waals surface area contributed by atoms with Crippen LogP contribution in [-0.2, 0) is 11.2 Å². The first-order valence-electron chi connectivity index (χ1n) is 5.92. The van der Waals surface area contributed by atoms with E-state index in [2.05, 4.69) is 15.5 Å². The maximum absolute atomic E-state index is 11.2. The van der Waals surface area contributed by atoms with Gasteiger partial charge in [0.1, 0.15) is 0 Å². The number of rotatable bonds is 6. The fourth-order valence-electron chi connectivity index (χ4n) is 1.49. The molecule has 0 aliphatic rings. The highest BCUT2D eigenvalue weighted by atomic mass is 32.1. The predicted molar refractivity (Wildman–Crippen MR) is 69.2 cm³/mol. The Hall–Kier alpha value is -1.69. The Morgan fingerprint density at radius 2 is 2.44 bits per heavy atom. The van der Waals surface area contributed by atoms with Gasteiger partial charge in [0, 0.05) is 19.4 Å². The zero-order chi connectivity index (χ0) is 12.8. The fourth-order valence-corrected chi connectivity index (χ4v) is 2.14. The summed E-state index contributed by atoms with van der Waals surface area (Å²) >= 11 is 1.57. The zero-order valence-corrected chi connectivity index (χ0v) is 11.0. The van der Waals surface area contributed by atoms with E-state index in [-0.39, 0.29) is 5.91 Å². The van der Waals surface area contributed by atoms with Crippen molar-refractivity contribution in [2.24, 2.45) is 0 Å². The van der Waals surface area contributed by atoms with Crippen LogP contribution in [-0.4, -0.2) is 22.6 Å². The third kappa shape index (κ3) is 3.40. The monoisotopic (exact) mass is 265 g/mol. The standard InChI is InChI=1S/C12H15N3O2S/c1-2-4-10(16)13-7-6-11-14-12(15-17-11)9-5-3-8-18-9/h3,5,8H,2,4,6-7H2,1H3,(H,13,16). The molecule has 0 unspecified atom stereocenters. The number of hydrogen-bond donors (Lipinski definition) is 1. The highest BCUT2D eigenvalue weighted by Gasteiger charge is 2.09. The summed E-state index contributed by atoms with van der Waals surface area (Å²) < 4.78 is 5.12. The maximum Gasteiger partial charge on any atom is 0.228 e. The Bertz CT molecular complexity index is 493. The Kier molecular flexibility index (Phi) is 4.46. The van der Waals surface area contributed by atoms with E-state index >= 15 is 0 Å². The number of carbonyl (C=O) groups excluding carboxylic acids is 1. The summed E-state index contributed by atoms with van der Waals surface area (Å²) in [5.74, 6) is 1.23. The molecule has 96 valence electrons. The Morgan fingerprint density at radius 1 is 1.56 bits per heavy atom. The van der Waals surface area contributed by atoms with E-state index in [1.54, 1.807) is 11.3 Å². The minimum Gasteiger partial charge on any atom is -0.356 e. The quantitative estimate of drug-likeness (QED) is 0.870. The summed E-state index contributed by atoms with van der Waals surface area (Å²) in [5.41, 5.74) is 0. The molecule has 0 aliphatic carbocycles. The second-order valence-corrected chi connectivity index (χ2v) is 4.79. The van der Waals surface area contributed by atoms with Crippen molar-refractivity contribution in [2.75, 3.05) is 6.54 Å². The average Bonchev–Trinajstić information content (AvgIpc) is 2.99. The number of nitrogens with zero attached hydrogens (tertiary/aromatic N) is 2. The van der Waals surface area contributed by atoms with Crippen LogP contribution in [0.1, 0.15) is 25.7 Å². The zero-order valence-electron chi connectivity index (χ0n) is 10.2. The van der Waals surface area contributed by atoms with Crippen LogP contribution in [0, 0.1) is 0 Å². The summed E-state index contributed by atoms with van der Waals surface area (Å²) in [6, 6.07) is 3.89. The largest absolute Gasteiger partial charge is 0.356 e. The topological polar surface area (TPSA) is 68.0 Å². The first-order chi connectivity index (χ1) is 8.79. The molecule has 0 radical (unpaired) electrons. The van der Waals surface area contributed by atoms with E-state index in [0.717, 1.165) is 11.3 Å². The number of nitrogens with one attached hydrogen (secondary N) is 1. The Morgan fingerprint density at radius 3 is 3.17 bits per heavy atom. The van der Waals surface area contributed by atoms with E-state index in [0.29, 0.717) is 31.1 Å². The molecule has 0 bridgehead atoms. The van der Waals surface area contributed by atoms with Gasteiger partial charge in [0.15, 0.2) is 0 Å². The van der Waals surface area contributed by atoms with Gasteiger partial charge in [-0.2, -0.15) is 4.98 Å². The van der Waals surface area contributed by atoms with Crippen LogP contribution in [0.3, 0.4) is 0 Å². The second-order valence-electron chi connectivity index (χ2n) is 3.84. The van der Waals surface area contributed by atoms with Crippen molar-refractivity contribution in [3.8, 4) is 10.7 Å². The molecule has 2 aromatic heterocycles. The summed E-state index contributed by atoms with van der Waals surface area (Å²) in [7, 11) is 0. The number of hydrogen-bond acceptors (Lipinski definition) is 5. The van der Waals surface area contributed by atoms with Gasteiger partial charge in [-0.15, -0.1) is 11.3 Å². The molecule has 1 N–H and O–H groups in total. The van der Waals surface area contributed by atoms with Gasteiger partial charge in [-0.25, -0.2) is 0 Å². The molecule has 0 spiro atoms. The minimum atomic E-state index is 0.0653. The normalized spacial score (nSPS) is 10.5. The molecule has 0 saturated carbocycles. The molecule has 2 rings (SSSR count). The minimum absolute atomic E-state index is 0.0653. The van der Waals surface area contributed by atoms with Crippen molar-refractivity contribution in [2.45, 2.75) is 26.2 Å². The summed E-state index contributed by atoms with van der Waals surface area (Å²) in [4.78, 5) is 16.5. The van der Waals surface area contributed by atoms with Gasteiger partial charge >= 0.3 is 0 Å². The molecule has 0 fully saturated rings. The summed E-state index contributed by atoms with van der Waals surface area (Å²) in [6.07, 6.45) is 1.98. The van der Waals surface area contributed by atoms with Crippen molar-refractivity contribution in [1.29, 1.82) is 0 Å². The van der Waals surface area contributed by atoms with Crippen LogP contribution in [0.5, 0.6) is 0 Å². The van der Waals surface area contributed by atoms with E-state index in [1.165, 1.54) is 0 Å². The lowest BCUT2D eigenvalue weighted by Gasteiger charge is -2.00. The summed E-state index contributed by atoms with van der Waals surface area (Å²) in [5, 5.41) is 8.68. The molecule has 0 aromatic carbocycles. The van der Waals surface area contributed by atoms with Gasteiger partial charge in [-0.05, 0) is 17.9 Å². The van der Waals surface area contributed by atoms with Crippen LogP contribution < -0.4 is 5.32 Å². The van der Waals surface area contributed by atoms with Crippen molar-refractivity contribution in [3.05, 3.63) is 23.4 Å². The van der Waals surface area contributed by atoms with Gasteiger partial charge in [0.05, 0.1) is 4.88 Å². The highest BCUT2D eigenvalue weighted by molar-refractivity contribution is 7.13. The fraction of sp³-hybridized carbons (Fsp3) is 0.417. The van der Waals surface area contributed by atoms with Crippen molar-refractivity contribution >= 4 is 17.2 Å². The van der Waals surface area contributed by atoms with Crippen LogP contribution >= 0.6 is 11.3 Å². The van der Waals surface area contributed by atoms with Crippen LogP contribution in [0.25, 0.3) is 10.7 Å². The summed E-state index contributed by atoms with van der Waals surface area (Å²) in [6.45, 7) is 2.51. The van der Waals surface area contributed by atoms with E-state index in [4.69, 9.17) is 4.52 Å². The lowest BCUT2D eigenvalue weighted by molar-refractivity contribution is -0.121. The molecule has 1 amide bonds. The molecular weight excluding hydrogens is 250 g/mol. The van der Waals surface area contributed by atoms with Crippen LogP contribution in [0.2, 0.25) is 0 Å². The van der Waals surface area contributed by atoms with E-state index < -0.39 is 0 Å². The molecule has 0 saturated heterocycles. The smallest absolute Gasteiger partial charge is 0.228 e. The van der Waals surface area contributed by atoms with Crippen molar-refractivity contribution in [1.82, 2.24) is 15.5 Å². The lowest BCUT2D eigenvalue weighted by atomic mass is 10.3. The maximum atomic E-state index is 11.2. The third-order valence-electron chi connectivity index (χ3n) is 2.35. The van der Waals surface area contributed by atoms with Gasteiger partial charge in [-0.3, -0.25) is 4.79 Å². The number of thiophene rings is 1. The molecule has 0 atom stereocenters. The van der Waals surface area contributed by atoms with Crippen LogP contribution in [0.15, 0.2) is 22.0 Å². The van der Waals surface area contributed by atoms with Gasteiger partial charge in [0.2, 0.25) is 17.6 Å². The van der Waals surface area contributed by atoms with E-state index in [1.807, 2.05) is 24.4 Å². The van der Waals surface area contributed by atoms with Gasteiger partial charge in [0.25, 0.3) is 0 Å². The number of aromatic nitrogens is 2. The average molecular weight is 265 g/mol. The molecule has 2 heterocycles. The molecule has 0 aliphatic heterocycles. The first-order valence-corrected chi connectivity index (χ1v) is 6.80. The molecule has 5 nitrogen and oxygen atoms in total. The second kappa shape index (κ2) is 6.30. The van der Waals surface area contributed by atoms with Gasteiger partial charge < -0.3 is 9.84 Å². The van der Waals surface area contributed by atoms with Crippen LogP contribution in [0.4, 0.5) is 0 Å². The molecule has 2 aromatic rings. The highest BCUT2D eigenvalue weighted by Crippen LogP contribution is 2.21. The van der Waals surface area contributed by atoms with Gasteiger partial charge in [-0.1, -0.05) is 18.1 Å². The first kappa shape index (κ1) is 12.8. The predicted octanol–water partition coefficient (Wildman–Crippen LogP) is 2.26. The third-order valence-corrected chi connectivity index (χ3v) is 3.21. The Balaban J connectivity index is 1.82. The van der Waals surface area contributed by atoms with Crippen molar-refractivity contribution in [3.63, 3.8) is 0 Å². The molecule has 6 heteroatoms. The molecule has 18 heavy (non-hydrogen) atoms.